The molecule has 2 N–H and O–H groups in total. The third-order valence-corrected chi connectivity index (χ3v) is 3.24. The number of benzene rings is 1. The van der Waals surface area contributed by atoms with Crippen molar-refractivity contribution in [2.75, 3.05) is 7.05 Å². The highest BCUT2D eigenvalue weighted by Crippen LogP contribution is 2.19. The van der Waals surface area contributed by atoms with E-state index in [1.165, 1.54) is 5.56 Å². The number of hydrogen-bond acceptors (Lipinski definition) is 2. The van der Waals surface area contributed by atoms with E-state index < -0.39 is 6.04 Å². The molecule has 3 nitrogen and oxygen atoms in total. The minimum atomic E-state index is -0.466. The van der Waals surface area contributed by atoms with Crippen molar-refractivity contribution in [3.05, 3.63) is 35.4 Å². The summed E-state index contributed by atoms with van der Waals surface area (Å²) >= 11 is 0. The van der Waals surface area contributed by atoms with E-state index in [1.54, 1.807) is 11.9 Å². The first-order valence-corrected chi connectivity index (χ1v) is 6.28. The Bertz CT molecular complexity index is 421. The zero-order valence-corrected chi connectivity index (χ0v) is 12.0. The van der Waals surface area contributed by atoms with Crippen LogP contribution in [0.3, 0.4) is 0 Å². The van der Waals surface area contributed by atoms with Crippen molar-refractivity contribution in [1.29, 1.82) is 0 Å². The summed E-state index contributed by atoms with van der Waals surface area (Å²) in [7, 11) is 1.81. The molecule has 1 unspecified atom stereocenters. The van der Waals surface area contributed by atoms with Crippen LogP contribution >= 0.6 is 0 Å². The van der Waals surface area contributed by atoms with E-state index in [-0.39, 0.29) is 11.3 Å². The van der Waals surface area contributed by atoms with Crippen molar-refractivity contribution >= 4 is 5.91 Å². The first-order chi connectivity index (χ1) is 8.23. The lowest BCUT2D eigenvalue weighted by Crippen LogP contribution is -2.48. The second-order valence-corrected chi connectivity index (χ2v) is 5.96. The number of rotatable bonds is 3. The van der Waals surface area contributed by atoms with Crippen molar-refractivity contribution in [2.24, 2.45) is 11.1 Å². The van der Waals surface area contributed by atoms with Crippen molar-refractivity contribution in [2.45, 2.75) is 40.3 Å². The van der Waals surface area contributed by atoms with Crippen LogP contribution in [0, 0.1) is 12.3 Å². The molecule has 0 heterocycles. The molecule has 0 aliphatic heterocycles. The molecule has 1 atom stereocenters. The lowest BCUT2D eigenvalue weighted by molar-refractivity contribution is -0.134. The van der Waals surface area contributed by atoms with Crippen LogP contribution in [-0.4, -0.2) is 23.9 Å². The van der Waals surface area contributed by atoms with Gasteiger partial charge >= 0.3 is 0 Å². The number of likely N-dealkylation sites (N-methyl/N-ethyl adjacent to an activating group) is 1. The number of nitrogens with zero attached hydrogens (tertiary/aromatic N) is 1. The number of nitrogens with two attached hydrogens (primary N) is 1. The fourth-order valence-corrected chi connectivity index (χ4v) is 1.73. The molecular formula is C15H24N2O. The summed E-state index contributed by atoms with van der Waals surface area (Å²) in [5, 5.41) is 0. The van der Waals surface area contributed by atoms with Gasteiger partial charge in [-0.3, -0.25) is 4.79 Å². The van der Waals surface area contributed by atoms with Crippen LogP contribution in [0.5, 0.6) is 0 Å². The zero-order valence-electron chi connectivity index (χ0n) is 12.0. The van der Waals surface area contributed by atoms with E-state index in [1.807, 2.05) is 39.0 Å². The average Bonchev–Trinajstić information content (AvgIpc) is 2.29. The second-order valence-electron chi connectivity index (χ2n) is 5.96. The number of amides is 1. The fraction of sp³-hybridized carbons (Fsp3) is 0.533. The Morgan fingerprint density at radius 3 is 2.39 bits per heavy atom. The molecule has 1 amide bonds. The Labute approximate surface area is 110 Å². The van der Waals surface area contributed by atoms with Gasteiger partial charge in [-0.2, -0.15) is 0 Å². The van der Waals surface area contributed by atoms with Gasteiger partial charge in [-0.1, -0.05) is 45.0 Å². The Balaban J connectivity index is 2.75. The summed E-state index contributed by atoms with van der Waals surface area (Å²) in [6.07, 6.45) is 0. The third kappa shape index (κ3) is 3.57. The lowest BCUT2D eigenvalue weighted by Gasteiger charge is -2.30. The van der Waals surface area contributed by atoms with E-state index in [2.05, 4.69) is 13.0 Å². The van der Waals surface area contributed by atoms with Gasteiger partial charge in [0.05, 0.1) is 6.04 Å². The highest BCUT2D eigenvalue weighted by molar-refractivity contribution is 5.82. The second kappa shape index (κ2) is 5.53. The maximum Gasteiger partial charge on any atom is 0.240 e. The topological polar surface area (TPSA) is 46.3 Å². The molecule has 1 aromatic rings. The summed E-state index contributed by atoms with van der Waals surface area (Å²) in [5.41, 5.74) is 8.14. The van der Waals surface area contributed by atoms with E-state index >= 15 is 0 Å². The highest BCUT2D eigenvalue weighted by Gasteiger charge is 2.29. The van der Waals surface area contributed by atoms with Crippen LogP contribution in [0.25, 0.3) is 0 Å². The van der Waals surface area contributed by atoms with Gasteiger partial charge in [0.15, 0.2) is 0 Å². The Kier molecular flexibility index (Phi) is 4.52. The maximum atomic E-state index is 12.2. The summed E-state index contributed by atoms with van der Waals surface area (Å²) < 4.78 is 0. The molecule has 1 rings (SSSR count). The van der Waals surface area contributed by atoms with E-state index in [9.17, 15) is 4.79 Å². The Morgan fingerprint density at radius 1 is 1.33 bits per heavy atom. The van der Waals surface area contributed by atoms with Gasteiger partial charge in [-0.25, -0.2) is 0 Å². The standard InChI is InChI=1S/C15H24N2O/c1-11-8-6-7-9-12(11)10-17(5)14(18)13(16)15(2,3)4/h6-9,13H,10,16H2,1-5H3. The molecule has 0 radical (unpaired) electrons. The van der Waals surface area contributed by atoms with Crippen LogP contribution in [0.2, 0.25) is 0 Å². The number of aryl methyl sites for hydroxylation is 1. The van der Waals surface area contributed by atoms with E-state index in [0.717, 1.165) is 5.56 Å². The number of hydrogen-bond donors (Lipinski definition) is 1. The molecule has 0 aliphatic carbocycles. The smallest absolute Gasteiger partial charge is 0.240 e. The molecular weight excluding hydrogens is 224 g/mol. The van der Waals surface area contributed by atoms with Gasteiger partial charge in [0, 0.05) is 13.6 Å². The van der Waals surface area contributed by atoms with Crippen LogP contribution in [0.15, 0.2) is 24.3 Å². The van der Waals surface area contributed by atoms with Crippen LogP contribution in [0.4, 0.5) is 0 Å². The third-order valence-electron chi connectivity index (χ3n) is 3.24. The van der Waals surface area contributed by atoms with E-state index in [0.29, 0.717) is 6.54 Å². The van der Waals surface area contributed by atoms with Crippen molar-refractivity contribution in [3.63, 3.8) is 0 Å². The predicted molar refractivity (Wildman–Crippen MR) is 75.1 cm³/mol. The van der Waals surface area contributed by atoms with Crippen molar-refractivity contribution in [1.82, 2.24) is 4.90 Å². The Hall–Kier alpha value is -1.35. The summed E-state index contributed by atoms with van der Waals surface area (Å²) in [6.45, 7) is 8.61. The van der Waals surface area contributed by atoms with Gasteiger partial charge in [0.1, 0.15) is 0 Å². The first kappa shape index (κ1) is 14.7. The average molecular weight is 248 g/mol. The van der Waals surface area contributed by atoms with Crippen LogP contribution in [-0.2, 0) is 11.3 Å². The molecule has 0 aromatic heterocycles. The number of carbonyl (C=O) groups is 1. The quantitative estimate of drug-likeness (QED) is 0.892. The number of carbonyl (C=O) groups excluding carboxylic acids is 1. The molecule has 0 fully saturated rings. The molecule has 0 aliphatic rings. The fourth-order valence-electron chi connectivity index (χ4n) is 1.73. The predicted octanol–water partition coefficient (Wildman–Crippen LogP) is 2.33. The molecule has 1 aromatic carbocycles. The van der Waals surface area contributed by atoms with Gasteiger partial charge in [-0.05, 0) is 23.5 Å². The SMILES string of the molecule is Cc1ccccc1CN(C)C(=O)C(N)C(C)(C)C. The van der Waals surface area contributed by atoms with Crippen LogP contribution < -0.4 is 5.73 Å². The van der Waals surface area contributed by atoms with Gasteiger partial charge in [0.2, 0.25) is 5.91 Å². The molecule has 3 heteroatoms. The van der Waals surface area contributed by atoms with Crippen molar-refractivity contribution in [3.8, 4) is 0 Å². The molecule has 0 spiro atoms. The molecule has 0 saturated carbocycles. The summed E-state index contributed by atoms with van der Waals surface area (Å²) in [4.78, 5) is 13.9. The molecule has 18 heavy (non-hydrogen) atoms. The maximum absolute atomic E-state index is 12.2. The minimum Gasteiger partial charge on any atom is -0.340 e. The molecule has 100 valence electrons. The summed E-state index contributed by atoms with van der Waals surface area (Å²) in [5.74, 6) is -0.00856. The monoisotopic (exact) mass is 248 g/mol. The zero-order chi connectivity index (χ0) is 13.9. The Morgan fingerprint density at radius 2 is 1.89 bits per heavy atom. The first-order valence-electron chi connectivity index (χ1n) is 6.28. The molecule has 0 saturated heterocycles. The minimum absolute atomic E-state index is 0.00856. The highest BCUT2D eigenvalue weighted by atomic mass is 16.2. The van der Waals surface area contributed by atoms with Crippen molar-refractivity contribution < 1.29 is 4.79 Å². The van der Waals surface area contributed by atoms with Gasteiger partial charge in [-0.15, -0.1) is 0 Å². The normalized spacial score (nSPS) is 13.2. The molecule has 0 bridgehead atoms. The lowest BCUT2D eigenvalue weighted by atomic mass is 9.86. The van der Waals surface area contributed by atoms with Crippen LogP contribution in [0.1, 0.15) is 31.9 Å². The largest absolute Gasteiger partial charge is 0.340 e. The van der Waals surface area contributed by atoms with Gasteiger partial charge in [0.25, 0.3) is 0 Å². The van der Waals surface area contributed by atoms with E-state index in [4.69, 9.17) is 5.73 Å². The summed E-state index contributed by atoms with van der Waals surface area (Å²) in [6, 6.07) is 7.62. The van der Waals surface area contributed by atoms with Gasteiger partial charge < -0.3 is 10.6 Å².